The molecule has 2 aromatic carbocycles. The van der Waals surface area contributed by atoms with E-state index in [4.69, 9.17) is 4.74 Å². The first kappa shape index (κ1) is 24.6. The zero-order chi connectivity index (χ0) is 24.0. The second kappa shape index (κ2) is 11.2. The molecule has 1 heterocycles. The Morgan fingerprint density at radius 3 is 2.52 bits per heavy atom. The lowest BCUT2D eigenvalue weighted by Gasteiger charge is -2.40. The van der Waals surface area contributed by atoms with Crippen molar-refractivity contribution < 1.29 is 19.4 Å². The number of anilines is 3. The number of amides is 2. The third-order valence-corrected chi connectivity index (χ3v) is 6.21. The topological polar surface area (TPSA) is 90.9 Å². The van der Waals surface area contributed by atoms with Crippen molar-refractivity contribution in [2.75, 3.05) is 35.3 Å². The van der Waals surface area contributed by atoms with Crippen LogP contribution in [-0.2, 0) is 9.53 Å². The summed E-state index contributed by atoms with van der Waals surface area (Å²) in [5, 5.41) is 15.2. The summed E-state index contributed by atoms with van der Waals surface area (Å²) in [5.74, 6) is -0.581. The number of aliphatic carboxylic acids is 1. The van der Waals surface area contributed by atoms with E-state index in [1.54, 1.807) is 0 Å². The summed E-state index contributed by atoms with van der Waals surface area (Å²) in [7, 11) is 0. The number of aryl methyl sites for hydroxylation is 1. The van der Waals surface area contributed by atoms with E-state index in [1.807, 2.05) is 56.3 Å². The zero-order valence-electron chi connectivity index (χ0n) is 19.9. The van der Waals surface area contributed by atoms with Gasteiger partial charge in [-0.25, -0.2) is 4.79 Å². The van der Waals surface area contributed by atoms with Gasteiger partial charge in [-0.05, 0) is 55.0 Å². The van der Waals surface area contributed by atoms with Crippen LogP contribution in [0.15, 0.2) is 42.5 Å². The molecule has 2 amide bonds. The molecule has 0 bridgehead atoms. The lowest BCUT2D eigenvalue weighted by molar-refractivity contribution is -0.137. The quantitative estimate of drug-likeness (QED) is 0.493. The zero-order valence-corrected chi connectivity index (χ0v) is 19.9. The number of carboxylic acid groups (broad SMARTS) is 1. The Bertz CT molecular complexity index is 959. The van der Waals surface area contributed by atoms with Gasteiger partial charge in [0.25, 0.3) is 0 Å². The van der Waals surface area contributed by atoms with Crippen molar-refractivity contribution in [1.82, 2.24) is 0 Å². The molecule has 3 N–H and O–H groups in total. The molecule has 2 aromatic rings. The second-order valence-corrected chi connectivity index (χ2v) is 9.00. The van der Waals surface area contributed by atoms with Crippen molar-refractivity contribution in [3.8, 4) is 0 Å². The van der Waals surface area contributed by atoms with E-state index in [2.05, 4.69) is 29.4 Å². The predicted octanol–water partition coefficient (Wildman–Crippen LogP) is 5.47. The summed E-state index contributed by atoms with van der Waals surface area (Å²) in [4.78, 5) is 26.5. The minimum absolute atomic E-state index is 0.0526. The van der Waals surface area contributed by atoms with Crippen molar-refractivity contribution in [3.63, 3.8) is 0 Å². The van der Waals surface area contributed by atoms with Crippen LogP contribution in [-0.4, -0.2) is 42.9 Å². The van der Waals surface area contributed by atoms with E-state index >= 15 is 0 Å². The number of ether oxygens (including phenoxy) is 1. The number of carbonyl (C=O) groups excluding carboxylic acids is 1. The number of hydrogen-bond acceptors (Lipinski definition) is 4. The molecule has 1 aliphatic heterocycles. The molecule has 1 aliphatic rings. The van der Waals surface area contributed by atoms with Crippen molar-refractivity contribution in [1.29, 1.82) is 0 Å². The average molecular weight is 454 g/mol. The lowest BCUT2D eigenvalue weighted by Crippen LogP contribution is -2.48. The molecule has 178 valence electrons. The van der Waals surface area contributed by atoms with Gasteiger partial charge in [-0.3, -0.25) is 4.79 Å². The molecule has 7 heteroatoms. The van der Waals surface area contributed by atoms with Crippen molar-refractivity contribution in [2.24, 2.45) is 5.92 Å². The molecule has 0 aromatic heterocycles. The molecular weight excluding hydrogens is 418 g/mol. The first-order chi connectivity index (χ1) is 15.8. The van der Waals surface area contributed by atoms with Crippen LogP contribution in [0.5, 0.6) is 0 Å². The fraction of sp³-hybridized carbons (Fsp3) is 0.462. The summed E-state index contributed by atoms with van der Waals surface area (Å²) in [6.45, 7) is 10.3. The number of benzene rings is 2. The Morgan fingerprint density at radius 1 is 1.15 bits per heavy atom. The number of carbonyl (C=O) groups is 2. The molecule has 7 nitrogen and oxygen atoms in total. The number of hydrogen-bond donors (Lipinski definition) is 3. The lowest BCUT2D eigenvalue weighted by atomic mass is 9.92. The Hall–Kier alpha value is -3.06. The number of rotatable bonds is 8. The highest BCUT2D eigenvalue weighted by atomic mass is 16.5. The van der Waals surface area contributed by atoms with Gasteiger partial charge in [0, 0.05) is 12.2 Å². The van der Waals surface area contributed by atoms with Crippen LogP contribution < -0.4 is 15.5 Å². The molecule has 33 heavy (non-hydrogen) atoms. The summed E-state index contributed by atoms with van der Waals surface area (Å²) >= 11 is 0. The molecule has 0 aliphatic carbocycles. The number of nitrogens with zero attached hydrogens (tertiary/aromatic N) is 1. The maximum absolute atomic E-state index is 12.9. The summed E-state index contributed by atoms with van der Waals surface area (Å²) < 4.78 is 5.72. The SMILES string of the molecule is CC[C@H](CC(=O)O)c1ccc(N2CCOC[C@@H]2C(C)C)c(NC(=O)Nc2ccc(C)cc2)c1. The number of urea groups is 1. The average Bonchev–Trinajstić information content (AvgIpc) is 2.78. The van der Waals surface area contributed by atoms with Crippen LogP contribution in [0.25, 0.3) is 0 Å². The van der Waals surface area contributed by atoms with Gasteiger partial charge < -0.3 is 25.4 Å². The van der Waals surface area contributed by atoms with Crippen LogP contribution in [0, 0.1) is 12.8 Å². The normalized spacial score (nSPS) is 17.0. The van der Waals surface area contributed by atoms with E-state index in [0.29, 0.717) is 36.9 Å². The number of carboxylic acids is 1. The molecule has 0 radical (unpaired) electrons. The molecule has 0 unspecified atom stereocenters. The van der Waals surface area contributed by atoms with Crippen LogP contribution in [0.1, 0.15) is 50.7 Å². The third-order valence-electron chi connectivity index (χ3n) is 6.21. The summed E-state index contributed by atoms with van der Waals surface area (Å²) in [5.41, 5.74) is 4.33. The van der Waals surface area contributed by atoms with Gasteiger partial charge in [0.15, 0.2) is 0 Å². The molecule has 1 saturated heterocycles. The van der Waals surface area contributed by atoms with E-state index in [1.165, 1.54) is 0 Å². The standard InChI is InChI=1S/C26H35N3O4/c1-5-19(15-25(30)31)20-8-11-23(29-12-13-33-16-24(29)17(2)3)22(14-20)28-26(32)27-21-9-6-18(4)7-10-21/h6-11,14,17,19,24H,5,12-13,15-16H2,1-4H3,(H,30,31)(H2,27,28,32)/t19-,24-/m1/s1. The van der Waals surface area contributed by atoms with Gasteiger partial charge in [-0.15, -0.1) is 0 Å². The fourth-order valence-corrected chi connectivity index (χ4v) is 4.26. The predicted molar refractivity (Wildman–Crippen MR) is 132 cm³/mol. The fourth-order valence-electron chi connectivity index (χ4n) is 4.26. The Kier molecular flexibility index (Phi) is 8.33. The minimum atomic E-state index is -0.828. The second-order valence-electron chi connectivity index (χ2n) is 9.00. The van der Waals surface area contributed by atoms with Gasteiger partial charge >= 0.3 is 12.0 Å². The van der Waals surface area contributed by atoms with Crippen molar-refractivity contribution in [3.05, 3.63) is 53.6 Å². The van der Waals surface area contributed by atoms with E-state index < -0.39 is 5.97 Å². The maximum atomic E-state index is 12.9. The van der Waals surface area contributed by atoms with E-state index in [9.17, 15) is 14.7 Å². The van der Waals surface area contributed by atoms with Crippen molar-refractivity contribution in [2.45, 2.75) is 52.5 Å². The van der Waals surface area contributed by atoms with Crippen LogP contribution in [0.4, 0.5) is 21.9 Å². The van der Waals surface area contributed by atoms with Crippen LogP contribution in [0.2, 0.25) is 0 Å². The van der Waals surface area contributed by atoms with E-state index in [0.717, 1.165) is 23.4 Å². The first-order valence-corrected chi connectivity index (χ1v) is 11.6. The van der Waals surface area contributed by atoms with Crippen molar-refractivity contribution >= 4 is 29.1 Å². The third kappa shape index (κ3) is 6.48. The van der Waals surface area contributed by atoms with Gasteiger partial charge in [-0.2, -0.15) is 0 Å². The highest BCUT2D eigenvalue weighted by Crippen LogP contribution is 2.35. The molecule has 3 rings (SSSR count). The molecular formula is C26H35N3O4. The van der Waals surface area contributed by atoms with Gasteiger partial charge in [0.05, 0.1) is 37.1 Å². The first-order valence-electron chi connectivity index (χ1n) is 11.6. The Morgan fingerprint density at radius 2 is 1.88 bits per heavy atom. The van der Waals surface area contributed by atoms with Gasteiger partial charge in [-0.1, -0.05) is 44.5 Å². The maximum Gasteiger partial charge on any atom is 0.323 e. The van der Waals surface area contributed by atoms with Crippen LogP contribution >= 0.6 is 0 Å². The Labute approximate surface area is 196 Å². The number of nitrogens with one attached hydrogen (secondary N) is 2. The molecule has 1 fully saturated rings. The largest absolute Gasteiger partial charge is 0.481 e. The molecule has 0 spiro atoms. The van der Waals surface area contributed by atoms with Gasteiger partial charge in [0.1, 0.15) is 0 Å². The summed E-state index contributed by atoms with van der Waals surface area (Å²) in [6, 6.07) is 13.4. The summed E-state index contributed by atoms with van der Waals surface area (Å²) in [6.07, 6.45) is 0.754. The smallest absolute Gasteiger partial charge is 0.323 e. The van der Waals surface area contributed by atoms with E-state index in [-0.39, 0.29) is 24.4 Å². The monoisotopic (exact) mass is 453 g/mol. The minimum Gasteiger partial charge on any atom is -0.481 e. The van der Waals surface area contributed by atoms with Crippen LogP contribution in [0.3, 0.4) is 0 Å². The highest BCUT2D eigenvalue weighted by Gasteiger charge is 2.28. The molecule has 2 atom stereocenters. The number of morpholine rings is 1. The highest BCUT2D eigenvalue weighted by molar-refractivity contribution is 6.02. The molecule has 0 saturated carbocycles. The van der Waals surface area contributed by atoms with Gasteiger partial charge in [0.2, 0.25) is 0 Å². The Balaban J connectivity index is 1.93.